The number of carbonyl (C=O) groups excluding carboxylic acids is 1. The van der Waals surface area contributed by atoms with Crippen LogP contribution in [0.1, 0.15) is 32.6 Å². The molecule has 3 rings (SSSR count). The molecule has 1 aliphatic carbocycles. The van der Waals surface area contributed by atoms with E-state index in [9.17, 15) is 9.36 Å². The summed E-state index contributed by atoms with van der Waals surface area (Å²) in [5.41, 5.74) is 0. The van der Waals surface area contributed by atoms with Crippen molar-refractivity contribution in [3.8, 4) is 5.75 Å². The van der Waals surface area contributed by atoms with E-state index in [2.05, 4.69) is 0 Å². The van der Waals surface area contributed by atoms with Crippen molar-refractivity contribution in [2.75, 3.05) is 0 Å². The number of halogens is 1. The van der Waals surface area contributed by atoms with Gasteiger partial charge in [-0.2, -0.15) is 0 Å². The highest BCUT2D eigenvalue weighted by molar-refractivity contribution is 7.71. The zero-order chi connectivity index (χ0) is 17.8. The largest absolute Gasteiger partial charge is 0.593 e. The van der Waals surface area contributed by atoms with Gasteiger partial charge in [-0.1, -0.05) is 36.4 Å². The Morgan fingerprint density at radius 3 is 2.60 bits per heavy atom. The van der Waals surface area contributed by atoms with E-state index in [-0.39, 0.29) is 6.10 Å². The van der Waals surface area contributed by atoms with Crippen LogP contribution in [0.5, 0.6) is 5.75 Å². The maximum absolute atomic E-state index is 12.4. The van der Waals surface area contributed by atoms with Crippen LogP contribution in [0.4, 0.5) is 0 Å². The van der Waals surface area contributed by atoms with Crippen molar-refractivity contribution in [2.24, 2.45) is 0 Å². The molecule has 0 heterocycles. The second kappa shape index (κ2) is 8.13. The van der Waals surface area contributed by atoms with Crippen molar-refractivity contribution in [3.05, 3.63) is 42.5 Å². The SMILES string of the molecule is C[C@@H](C(=O)OC1CCCC1)N(Oc1cccc2ccccc12)[P+](=O)Cl. The van der Waals surface area contributed by atoms with Gasteiger partial charge in [0.25, 0.3) is 0 Å². The number of hydrogen-bond acceptors (Lipinski definition) is 4. The number of hydroxylamine groups is 1. The number of carbonyl (C=O) groups is 1. The Morgan fingerprint density at radius 2 is 1.88 bits per heavy atom. The van der Waals surface area contributed by atoms with Crippen molar-refractivity contribution >= 4 is 35.3 Å². The van der Waals surface area contributed by atoms with Crippen LogP contribution in [0.15, 0.2) is 42.5 Å². The van der Waals surface area contributed by atoms with Gasteiger partial charge in [-0.05, 0) is 48.6 Å². The maximum atomic E-state index is 12.4. The third-order valence-corrected chi connectivity index (χ3v) is 5.54. The van der Waals surface area contributed by atoms with Crippen LogP contribution < -0.4 is 4.84 Å². The van der Waals surface area contributed by atoms with E-state index in [1.807, 2.05) is 36.4 Å². The summed E-state index contributed by atoms with van der Waals surface area (Å²) in [6.45, 7) is 1.58. The number of esters is 1. The standard InChI is InChI=1S/C18H20ClNO4P/c1-13(18(21)23-15-9-3-4-10-15)20(25(19)22)24-17-12-6-8-14-7-2-5-11-16(14)17/h2,5-8,11-13,15H,3-4,9-10H2,1H3/q+1/t13-/m0/s1. The predicted molar refractivity (Wildman–Crippen MR) is 97.7 cm³/mol. The fourth-order valence-electron chi connectivity index (χ4n) is 2.98. The first-order valence-electron chi connectivity index (χ1n) is 8.34. The number of nitrogens with zero attached hydrogens (tertiary/aromatic N) is 1. The minimum Gasteiger partial charge on any atom is -0.461 e. The number of hydrogen-bond donors (Lipinski definition) is 0. The van der Waals surface area contributed by atoms with Crippen molar-refractivity contribution in [1.82, 2.24) is 4.83 Å². The Balaban J connectivity index is 1.78. The van der Waals surface area contributed by atoms with Crippen LogP contribution in [0.2, 0.25) is 0 Å². The molecule has 0 amide bonds. The number of fused-ring (bicyclic) bond motifs is 1. The molecule has 1 fully saturated rings. The molecule has 0 aliphatic heterocycles. The van der Waals surface area contributed by atoms with Crippen molar-refractivity contribution < 1.29 is 18.9 Å². The van der Waals surface area contributed by atoms with E-state index in [0.29, 0.717) is 5.75 Å². The lowest BCUT2D eigenvalue weighted by Crippen LogP contribution is -2.38. The van der Waals surface area contributed by atoms with Crippen molar-refractivity contribution in [1.29, 1.82) is 0 Å². The summed E-state index contributed by atoms with van der Waals surface area (Å²) in [5.74, 6) is 0.0127. The summed E-state index contributed by atoms with van der Waals surface area (Å²) < 4.78 is 17.5. The van der Waals surface area contributed by atoms with Gasteiger partial charge in [0.2, 0.25) is 11.2 Å². The predicted octanol–water partition coefficient (Wildman–Crippen LogP) is 5.21. The van der Waals surface area contributed by atoms with Gasteiger partial charge in [-0.15, -0.1) is 0 Å². The zero-order valence-corrected chi connectivity index (χ0v) is 15.6. The van der Waals surface area contributed by atoms with Crippen LogP contribution in [-0.4, -0.2) is 22.9 Å². The summed E-state index contributed by atoms with van der Waals surface area (Å²) >= 11 is 5.80. The lowest BCUT2D eigenvalue weighted by atomic mass is 10.1. The van der Waals surface area contributed by atoms with Crippen LogP contribution in [0.25, 0.3) is 10.8 Å². The highest BCUT2D eigenvalue weighted by Gasteiger charge is 2.41. The summed E-state index contributed by atoms with van der Waals surface area (Å²) in [6.07, 6.45) is 3.80. The van der Waals surface area contributed by atoms with Crippen molar-refractivity contribution in [2.45, 2.75) is 44.8 Å². The second-order valence-corrected chi connectivity index (χ2v) is 7.83. The molecule has 0 spiro atoms. The fourth-order valence-corrected chi connectivity index (χ4v) is 3.99. The third kappa shape index (κ3) is 4.30. The average Bonchev–Trinajstić information content (AvgIpc) is 3.11. The van der Waals surface area contributed by atoms with Crippen LogP contribution in [0.3, 0.4) is 0 Å². The van der Waals surface area contributed by atoms with Gasteiger partial charge in [-0.3, -0.25) is 4.79 Å². The van der Waals surface area contributed by atoms with Crippen LogP contribution >= 0.6 is 18.5 Å². The minimum atomic E-state index is -2.40. The van der Waals surface area contributed by atoms with E-state index >= 15 is 0 Å². The van der Waals surface area contributed by atoms with Gasteiger partial charge in [0.05, 0.1) is 0 Å². The molecule has 2 atom stereocenters. The molecule has 1 aliphatic rings. The van der Waals surface area contributed by atoms with Gasteiger partial charge >= 0.3 is 13.3 Å². The van der Waals surface area contributed by atoms with E-state index in [1.165, 1.54) is 0 Å². The van der Waals surface area contributed by atoms with Gasteiger partial charge in [0.1, 0.15) is 10.9 Å². The minimum absolute atomic E-state index is 0.0671. The highest BCUT2D eigenvalue weighted by atomic mass is 35.7. The molecule has 0 aromatic heterocycles. The summed E-state index contributed by atoms with van der Waals surface area (Å²) in [5, 5.41) is 1.82. The molecular weight excluding hydrogens is 361 g/mol. The molecule has 5 nitrogen and oxygen atoms in total. The Bertz CT molecular complexity index is 773. The third-order valence-electron chi connectivity index (χ3n) is 4.35. The number of benzene rings is 2. The summed E-state index contributed by atoms with van der Waals surface area (Å²) in [6, 6.07) is 12.3. The molecule has 2 aromatic rings. The molecule has 2 aromatic carbocycles. The van der Waals surface area contributed by atoms with Gasteiger partial charge in [-0.25, -0.2) is 0 Å². The van der Waals surface area contributed by atoms with Crippen molar-refractivity contribution in [3.63, 3.8) is 0 Å². The molecule has 0 N–H and O–H groups in total. The first-order chi connectivity index (χ1) is 12.1. The van der Waals surface area contributed by atoms with E-state index in [1.54, 1.807) is 13.0 Å². The lowest BCUT2D eigenvalue weighted by Gasteiger charge is -2.19. The van der Waals surface area contributed by atoms with E-state index in [4.69, 9.17) is 20.8 Å². The van der Waals surface area contributed by atoms with Gasteiger partial charge in [0.15, 0.2) is 11.8 Å². The molecule has 1 saturated carbocycles. The number of ether oxygens (including phenoxy) is 1. The average molecular weight is 381 g/mol. The molecule has 25 heavy (non-hydrogen) atoms. The molecule has 132 valence electrons. The monoisotopic (exact) mass is 380 g/mol. The highest BCUT2D eigenvalue weighted by Crippen LogP contribution is 2.38. The molecule has 1 unspecified atom stereocenters. The van der Waals surface area contributed by atoms with Gasteiger partial charge in [0, 0.05) is 5.39 Å². The summed E-state index contributed by atoms with van der Waals surface area (Å²) in [4.78, 5) is 19.1. The number of rotatable bonds is 6. The molecular formula is C18H20ClNO4P+. The molecule has 7 heteroatoms. The lowest BCUT2D eigenvalue weighted by molar-refractivity contribution is -0.159. The quantitative estimate of drug-likeness (QED) is 0.391. The molecule has 0 bridgehead atoms. The zero-order valence-electron chi connectivity index (χ0n) is 13.9. The van der Waals surface area contributed by atoms with Crippen LogP contribution in [-0.2, 0) is 14.1 Å². The Kier molecular flexibility index (Phi) is 5.89. The first-order valence-corrected chi connectivity index (χ1v) is 10.5. The first kappa shape index (κ1) is 18.1. The maximum Gasteiger partial charge on any atom is 0.593 e. The molecule has 0 radical (unpaired) electrons. The van der Waals surface area contributed by atoms with Crippen LogP contribution in [0, 0.1) is 0 Å². The fraction of sp³-hybridized carbons (Fsp3) is 0.389. The second-order valence-electron chi connectivity index (χ2n) is 6.12. The van der Waals surface area contributed by atoms with E-state index in [0.717, 1.165) is 41.3 Å². The smallest absolute Gasteiger partial charge is 0.461 e. The van der Waals surface area contributed by atoms with E-state index < -0.39 is 19.3 Å². The Labute approximate surface area is 152 Å². The topological polar surface area (TPSA) is 55.8 Å². The Morgan fingerprint density at radius 1 is 1.20 bits per heavy atom. The molecule has 0 saturated heterocycles. The normalized spacial score (nSPS) is 16.8. The Hall–Kier alpha value is -1.68. The summed E-state index contributed by atoms with van der Waals surface area (Å²) in [7, 11) is -2.40. The van der Waals surface area contributed by atoms with Gasteiger partial charge < -0.3 is 9.57 Å².